The molecular formula is C21H16Cl2N2O3. The van der Waals surface area contributed by atoms with Crippen molar-refractivity contribution in [3.8, 4) is 11.5 Å². The van der Waals surface area contributed by atoms with Crippen molar-refractivity contribution in [3.05, 3.63) is 93.5 Å². The standard InChI is InChI=1S/C21H16Cl2N2O3/c22-17-6-3-16(20(23)11-17)13-28-19-9-4-15(5-10-19)21(27)25-24-12-14-1-7-18(26)8-2-14/h1-12,26H,13H2,(H,25,27)/b24-12-. The Hall–Kier alpha value is -3.02. The van der Waals surface area contributed by atoms with Crippen LogP contribution in [0.1, 0.15) is 21.5 Å². The summed E-state index contributed by atoms with van der Waals surface area (Å²) in [6.07, 6.45) is 1.49. The molecule has 0 aliphatic carbocycles. The van der Waals surface area contributed by atoms with Gasteiger partial charge in [-0.1, -0.05) is 29.3 Å². The molecule has 7 heteroatoms. The lowest BCUT2D eigenvalue weighted by Gasteiger charge is -2.08. The summed E-state index contributed by atoms with van der Waals surface area (Å²) in [6.45, 7) is 0.290. The molecule has 1 amide bonds. The Balaban J connectivity index is 1.54. The number of hydrogen-bond donors (Lipinski definition) is 2. The molecule has 3 aromatic carbocycles. The molecule has 0 fully saturated rings. The second-order valence-corrected chi connectivity index (χ2v) is 6.68. The van der Waals surface area contributed by atoms with Crippen molar-refractivity contribution in [2.24, 2.45) is 5.10 Å². The number of carbonyl (C=O) groups excluding carboxylic acids is 1. The summed E-state index contributed by atoms with van der Waals surface area (Å²) in [6, 6.07) is 18.3. The highest BCUT2D eigenvalue weighted by atomic mass is 35.5. The molecule has 3 rings (SSSR count). The molecule has 5 nitrogen and oxygen atoms in total. The third kappa shape index (κ3) is 5.49. The summed E-state index contributed by atoms with van der Waals surface area (Å²) >= 11 is 12.0. The number of nitrogens with one attached hydrogen (secondary N) is 1. The number of amides is 1. The van der Waals surface area contributed by atoms with Crippen molar-refractivity contribution in [2.75, 3.05) is 0 Å². The van der Waals surface area contributed by atoms with Gasteiger partial charge in [0.25, 0.3) is 5.91 Å². The fourth-order valence-corrected chi connectivity index (χ4v) is 2.76. The van der Waals surface area contributed by atoms with Crippen LogP contribution in [0.2, 0.25) is 10.0 Å². The smallest absolute Gasteiger partial charge is 0.271 e. The van der Waals surface area contributed by atoms with E-state index in [4.69, 9.17) is 27.9 Å². The summed E-state index contributed by atoms with van der Waals surface area (Å²) in [5, 5.41) is 14.2. The quantitative estimate of drug-likeness (QED) is 0.438. The molecule has 0 heterocycles. The van der Waals surface area contributed by atoms with Gasteiger partial charge in [0.2, 0.25) is 0 Å². The van der Waals surface area contributed by atoms with E-state index in [2.05, 4.69) is 10.5 Å². The lowest BCUT2D eigenvalue weighted by Crippen LogP contribution is -2.17. The average Bonchev–Trinajstić information content (AvgIpc) is 2.69. The number of hydrogen-bond acceptors (Lipinski definition) is 4. The van der Waals surface area contributed by atoms with Crippen LogP contribution in [0, 0.1) is 0 Å². The average molecular weight is 415 g/mol. The first-order valence-corrected chi connectivity index (χ1v) is 9.06. The second kappa shape index (κ2) is 9.26. The van der Waals surface area contributed by atoms with Gasteiger partial charge in [-0.3, -0.25) is 4.79 Å². The molecule has 2 N–H and O–H groups in total. The maximum absolute atomic E-state index is 12.1. The summed E-state index contributed by atoms with van der Waals surface area (Å²) < 4.78 is 5.69. The zero-order valence-electron chi connectivity index (χ0n) is 14.6. The minimum atomic E-state index is -0.345. The first kappa shape index (κ1) is 19.7. The Morgan fingerprint density at radius 1 is 1.04 bits per heavy atom. The molecule has 0 aliphatic heterocycles. The van der Waals surface area contributed by atoms with Gasteiger partial charge in [0.1, 0.15) is 18.1 Å². The second-order valence-electron chi connectivity index (χ2n) is 5.84. The van der Waals surface area contributed by atoms with Crippen LogP contribution >= 0.6 is 23.2 Å². The van der Waals surface area contributed by atoms with Gasteiger partial charge in [0.05, 0.1) is 6.21 Å². The molecule has 3 aromatic rings. The molecule has 142 valence electrons. The van der Waals surface area contributed by atoms with Gasteiger partial charge in [0, 0.05) is 21.2 Å². The Bertz CT molecular complexity index is 988. The SMILES string of the molecule is O=C(N/N=C\c1ccc(O)cc1)c1ccc(OCc2ccc(Cl)cc2Cl)cc1. The van der Waals surface area contributed by atoms with Gasteiger partial charge in [-0.2, -0.15) is 5.10 Å². The lowest BCUT2D eigenvalue weighted by molar-refractivity contribution is 0.0955. The maximum Gasteiger partial charge on any atom is 0.271 e. The van der Waals surface area contributed by atoms with Crippen molar-refractivity contribution in [1.82, 2.24) is 5.43 Å². The Morgan fingerprint density at radius 2 is 1.75 bits per heavy atom. The fraction of sp³-hybridized carbons (Fsp3) is 0.0476. The van der Waals surface area contributed by atoms with E-state index >= 15 is 0 Å². The van der Waals surface area contributed by atoms with Gasteiger partial charge in [-0.15, -0.1) is 0 Å². The summed E-state index contributed by atoms with van der Waals surface area (Å²) in [5.41, 5.74) is 4.46. The number of benzene rings is 3. The van der Waals surface area contributed by atoms with Crippen LogP contribution in [0.5, 0.6) is 11.5 Å². The summed E-state index contributed by atoms with van der Waals surface area (Å²) in [4.78, 5) is 12.1. The predicted octanol–water partition coefficient (Wildman–Crippen LogP) is 5.04. The third-order valence-corrected chi connectivity index (χ3v) is 4.39. The zero-order chi connectivity index (χ0) is 19.9. The lowest BCUT2D eigenvalue weighted by atomic mass is 10.2. The number of halogens is 2. The minimum absolute atomic E-state index is 0.168. The molecule has 0 aliphatic rings. The number of nitrogens with zero attached hydrogens (tertiary/aromatic N) is 1. The molecule has 0 radical (unpaired) electrons. The van der Waals surface area contributed by atoms with E-state index in [9.17, 15) is 9.90 Å². The Morgan fingerprint density at radius 3 is 2.43 bits per heavy atom. The predicted molar refractivity (Wildman–Crippen MR) is 110 cm³/mol. The summed E-state index contributed by atoms with van der Waals surface area (Å²) in [7, 11) is 0. The van der Waals surface area contributed by atoms with E-state index in [1.165, 1.54) is 6.21 Å². The largest absolute Gasteiger partial charge is 0.508 e. The molecule has 0 saturated heterocycles. The van der Waals surface area contributed by atoms with E-state index in [0.717, 1.165) is 11.1 Å². The van der Waals surface area contributed by atoms with E-state index < -0.39 is 0 Å². The van der Waals surface area contributed by atoms with Crippen molar-refractivity contribution >= 4 is 35.3 Å². The molecule has 28 heavy (non-hydrogen) atoms. The molecular weight excluding hydrogens is 399 g/mol. The first-order chi connectivity index (χ1) is 13.5. The topological polar surface area (TPSA) is 70.9 Å². The van der Waals surface area contributed by atoms with Gasteiger partial charge >= 0.3 is 0 Å². The number of rotatable bonds is 6. The van der Waals surface area contributed by atoms with E-state index in [-0.39, 0.29) is 11.7 Å². The highest BCUT2D eigenvalue weighted by molar-refractivity contribution is 6.35. The first-order valence-electron chi connectivity index (χ1n) is 8.30. The Kier molecular flexibility index (Phi) is 6.53. The van der Waals surface area contributed by atoms with Crippen LogP contribution in [0.4, 0.5) is 0 Å². The van der Waals surface area contributed by atoms with Gasteiger partial charge in [0.15, 0.2) is 0 Å². The zero-order valence-corrected chi connectivity index (χ0v) is 16.1. The van der Waals surface area contributed by atoms with Gasteiger partial charge < -0.3 is 9.84 Å². The molecule has 0 spiro atoms. The molecule has 0 unspecified atom stereocenters. The summed E-state index contributed by atoms with van der Waals surface area (Å²) in [5.74, 6) is 0.430. The number of phenols is 1. The van der Waals surface area contributed by atoms with Crippen LogP contribution in [-0.2, 0) is 6.61 Å². The van der Waals surface area contributed by atoms with Crippen molar-refractivity contribution < 1.29 is 14.6 Å². The third-order valence-electron chi connectivity index (χ3n) is 3.80. The number of carbonyl (C=O) groups is 1. The molecule has 0 atom stereocenters. The Labute approximate surface area is 172 Å². The van der Waals surface area contributed by atoms with Crippen LogP contribution < -0.4 is 10.2 Å². The number of ether oxygens (including phenoxy) is 1. The number of aromatic hydroxyl groups is 1. The van der Waals surface area contributed by atoms with Crippen LogP contribution in [-0.4, -0.2) is 17.2 Å². The number of phenolic OH excluding ortho intramolecular Hbond substituents is 1. The van der Waals surface area contributed by atoms with E-state index in [1.54, 1.807) is 66.7 Å². The molecule has 0 bridgehead atoms. The molecule has 0 aromatic heterocycles. The van der Waals surface area contributed by atoms with Crippen LogP contribution in [0.3, 0.4) is 0 Å². The minimum Gasteiger partial charge on any atom is -0.508 e. The van der Waals surface area contributed by atoms with Crippen molar-refractivity contribution in [3.63, 3.8) is 0 Å². The normalized spacial score (nSPS) is 10.8. The molecule has 0 saturated carbocycles. The highest BCUT2D eigenvalue weighted by Gasteiger charge is 2.06. The van der Waals surface area contributed by atoms with Crippen molar-refractivity contribution in [1.29, 1.82) is 0 Å². The van der Waals surface area contributed by atoms with Gasteiger partial charge in [-0.05, 0) is 66.2 Å². The van der Waals surface area contributed by atoms with Crippen LogP contribution in [0.15, 0.2) is 71.8 Å². The van der Waals surface area contributed by atoms with Crippen LogP contribution in [0.25, 0.3) is 0 Å². The van der Waals surface area contributed by atoms with E-state index in [0.29, 0.717) is 28.0 Å². The van der Waals surface area contributed by atoms with E-state index in [1.807, 2.05) is 0 Å². The van der Waals surface area contributed by atoms with Crippen molar-refractivity contribution in [2.45, 2.75) is 6.61 Å². The number of hydrazone groups is 1. The van der Waals surface area contributed by atoms with Gasteiger partial charge in [-0.25, -0.2) is 5.43 Å². The monoisotopic (exact) mass is 414 g/mol. The fourth-order valence-electron chi connectivity index (χ4n) is 2.29. The highest BCUT2D eigenvalue weighted by Crippen LogP contribution is 2.23. The maximum atomic E-state index is 12.1.